The molecule has 1 aliphatic rings. The molecule has 2 atom stereocenters. The van der Waals surface area contributed by atoms with Gasteiger partial charge in [0, 0.05) is 12.7 Å². The fourth-order valence-corrected chi connectivity index (χ4v) is 4.20. The molecule has 0 aliphatic carbocycles. The molecule has 1 fully saturated rings. The molecule has 1 aliphatic heterocycles. The first-order valence-corrected chi connectivity index (χ1v) is 9.61. The third-order valence-corrected chi connectivity index (χ3v) is 6.44. The number of rotatable bonds is 5. The molecule has 1 aromatic rings. The highest BCUT2D eigenvalue weighted by atomic mass is 32.2. The van der Waals surface area contributed by atoms with E-state index in [2.05, 4.69) is 4.98 Å². The van der Waals surface area contributed by atoms with Gasteiger partial charge in [-0.25, -0.2) is 13.2 Å². The molecule has 0 saturated carbocycles. The molecule has 1 amide bonds. The molecule has 1 N–H and O–H groups in total. The Morgan fingerprint density at radius 2 is 2.12 bits per heavy atom. The van der Waals surface area contributed by atoms with E-state index in [1.54, 1.807) is 20.8 Å². The Kier molecular flexibility index (Phi) is 5.66. The molecule has 0 radical (unpaired) electrons. The quantitative estimate of drug-likeness (QED) is 0.787. The molecular weight excluding hydrogens is 348 g/mol. The number of likely N-dealkylation sites (tertiary alicyclic amines) is 1. The average molecular weight is 370 g/mol. The minimum absolute atomic E-state index is 0.0440. The van der Waals surface area contributed by atoms with E-state index in [1.807, 2.05) is 0 Å². The first-order valence-electron chi connectivity index (χ1n) is 8.06. The second kappa shape index (κ2) is 7.38. The van der Waals surface area contributed by atoms with Gasteiger partial charge < -0.3 is 9.84 Å². The fraction of sp³-hybridized carbons (Fsp3) is 0.562. The van der Waals surface area contributed by atoms with Crippen LogP contribution < -0.4 is 0 Å². The van der Waals surface area contributed by atoms with Crippen LogP contribution in [0.4, 0.5) is 4.79 Å². The van der Waals surface area contributed by atoms with Gasteiger partial charge in [-0.1, -0.05) is 0 Å². The largest absolute Gasteiger partial charge is 0.466 e. The standard InChI is InChI=1S/C16H22N2O6S/c1-4-24-15(19)11-7-9-18(16(20)21)14(11)13-12(6-5-8-17-13)25(22,23)10(2)3/h5-6,8,10-11,14H,4,7,9H2,1-3H3,(H,20,21). The second-order valence-electron chi connectivity index (χ2n) is 6.05. The van der Waals surface area contributed by atoms with E-state index in [4.69, 9.17) is 4.74 Å². The smallest absolute Gasteiger partial charge is 0.407 e. The number of amides is 1. The molecule has 2 heterocycles. The topological polar surface area (TPSA) is 114 Å². The summed E-state index contributed by atoms with van der Waals surface area (Å²) in [4.78, 5) is 29.0. The van der Waals surface area contributed by atoms with Crippen LogP contribution in [0, 0.1) is 5.92 Å². The fourth-order valence-electron chi connectivity index (χ4n) is 2.96. The summed E-state index contributed by atoms with van der Waals surface area (Å²) in [6.07, 6.45) is 0.429. The zero-order valence-electron chi connectivity index (χ0n) is 14.4. The number of carbonyl (C=O) groups is 2. The van der Waals surface area contributed by atoms with E-state index in [0.29, 0.717) is 0 Å². The normalized spacial score (nSPS) is 20.7. The van der Waals surface area contributed by atoms with Crippen LogP contribution >= 0.6 is 0 Å². The Balaban J connectivity index is 2.59. The Morgan fingerprint density at radius 1 is 1.44 bits per heavy atom. The summed E-state index contributed by atoms with van der Waals surface area (Å²) in [5, 5.41) is 8.78. The molecule has 1 saturated heterocycles. The number of nitrogens with zero attached hydrogens (tertiary/aromatic N) is 2. The Morgan fingerprint density at radius 3 is 2.68 bits per heavy atom. The monoisotopic (exact) mass is 370 g/mol. The average Bonchev–Trinajstić information content (AvgIpc) is 3.00. The van der Waals surface area contributed by atoms with Crippen LogP contribution in [0.5, 0.6) is 0 Å². The van der Waals surface area contributed by atoms with Crippen LogP contribution in [0.15, 0.2) is 23.2 Å². The number of hydrogen-bond acceptors (Lipinski definition) is 6. The van der Waals surface area contributed by atoms with Crippen molar-refractivity contribution in [3.63, 3.8) is 0 Å². The highest BCUT2D eigenvalue weighted by Gasteiger charge is 2.46. The summed E-state index contributed by atoms with van der Waals surface area (Å²) in [6.45, 7) is 5.01. The molecular formula is C16H22N2O6S. The van der Waals surface area contributed by atoms with Crippen molar-refractivity contribution in [3.05, 3.63) is 24.0 Å². The molecule has 0 spiro atoms. The highest BCUT2D eigenvalue weighted by Crippen LogP contribution is 2.40. The van der Waals surface area contributed by atoms with Crippen LogP contribution in [0.25, 0.3) is 0 Å². The van der Waals surface area contributed by atoms with Crippen LogP contribution in [-0.4, -0.2) is 53.9 Å². The summed E-state index contributed by atoms with van der Waals surface area (Å²) < 4.78 is 30.4. The first kappa shape index (κ1) is 19.2. The summed E-state index contributed by atoms with van der Waals surface area (Å²) >= 11 is 0. The van der Waals surface area contributed by atoms with E-state index in [0.717, 1.165) is 4.90 Å². The Bertz CT molecular complexity index is 762. The van der Waals surface area contributed by atoms with Gasteiger partial charge in [0.1, 0.15) is 0 Å². The van der Waals surface area contributed by atoms with E-state index in [-0.39, 0.29) is 30.2 Å². The predicted molar refractivity (Wildman–Crippen MR) is 88.8 cm³/mol. The van der Waals surface area contributed by atoms with E-state index in [9.17, 15) is 23.1 Å². The SMILES string of the molecule is CCOC(=O)C1CCN(C(=O)O)C1c1ncccc1S(=O)(=O)C(C)C. The summed E-state index contributed by atoms with van der Waals surface area (Å²) in [7, 11) is -3.69. The molecule has 138 valence electrons. The Labute approximate surface area is 146 Å². The minimum Gasteiger partial charge on any atom is -0.466 e. The molecule has 8 nitrogen and oxygen atoms in total. The van der Waals surface area contributed by atoms with E-state index in [1.165, 1.54) is 18.3 Å². The van der Waals surface area contributed by atoms with Gasteiger partial charge >= 0.3 is 12.1 Å². The number of carboxylic acid groups (broad SMARTS) is 1. The highest BCUT2D eigenvalue weighted by molar-refractivity contribution is 7.92. The van der Waals surface area contributed by atoms with Gasteiger partial charge in [-0.05, 0) is 39.3 Å². The van der Waals surface area contributed by atoms with Crippen molar-refractivity contribution < 1.29 is 27.9 Å². The van der Waals surface area contributed by atoms with Crippen molar-refractivity contribution in [2.24, 2.45) is 5.92 Å². The first-order chi connectivity index (χ1) is 11.7. The Hall–Kier alpha value is -2.16. The lowest BCUT2D eigenvalue weighted by Gasteiger charge is -2.26. The number of aromatic nitrogens is 1. The molecule has 2 rings (SSSR count). The van der Waals surface area contributed by atoms with Crippen LogP contribution in [0.2, 0.25) is 0 Å². The summed E-state index contributed by atoms with van der Waals surface area (Å²) in [5.74, 6) is -1.33. The van der Waals surface area contributed by atoms with Crippen molar-refractivity contribution in [2.45, 2.75) is 43.4 Å². The molecule has 0 bridgehead atoms. The van der Waals surface area contributed by atoms with Crippen LogP contribution in [0.1, 0.15) is 38.9 Å². The van der Waals surface area contributed by atoms with Gasteiger partial charge in [0.25, 0.3) is 0 Å². The summed E-state index contributed by atoms with van der Waals surface area (Å²) in [6, 6.07) is 1.90. The van der Waals surface area contributed by atoms with Crippen molar-refractivity contribution >= 4 is 21.9 Å². The number of ether oxygens (including phenoxy) is 1. The third-order valence-electron chi connectivity index (χ3n) is 4.24. The maximum absolute atomic E-state index is 12.7. The number of esters is 1. The van der Waals surface area contributed by atoms with Crippen molar-refractivity contribution in [3.8, 4) is 0 Å². The number of carbonyl (C=O) groups excluding carboxylic acids is 1. The third kappa shape index (κ3) is 3.60. The van der Waals surface area contributed by atoms with Gasteiger partial charge in [0.2, 0.25) is 0 Å². The molecule has 0 aromatic carbocycles. The number of sulfone groups is 1. The van der Waals surface area contributed by atoms with Gasteiger partial charge in [0.05, 0.1) is 34.4 Å². The van der Waals surface area contributed by atoms with Gasteiger partial charge in [-0.2, -0.15) is 0 Å². The van der Waals surface area contributed by atoms with Crippen molar-refractivity contribution in [1.29, 1.82) is 0 Å². The van der Waals surface area contributed by atoms with Gasteiger partial charge in [0.15, 0.2) is 9.84 Å². The maximum Gasteiger partial charge on any atom is 0.407 e. The van der Waals surface area contributed by atoms with E-state index >= 15 is 0 Å². The van der Waals surface area contributed by atoms with Gasteiger partial charge in [-0.3, -0.25) is 14.7 Å². The summed E-state index contributed by atoms with van der Waals surface area (Å²) in [5.41, 5.74) is 0.0779. The zero-order valence-corrected chi connectivity index (χ0v) is 15.2. The zero-order chi connectivity index (χ0) is 18.8. The van der Waals surface area contributed by atoms with Crippen molar-refractivity contribution in [2.75, 3.05) is 13.2 Å². The van der Waals surface area contributed by atoms with Gasteiger partial charge in [-0.15, -0.1) is 0 Å². The molecule has 2 unspecified atom stereocenters. The van der Waals surface area contributed by atoms with Crippen molar-refractivity contribution in [1.82, 2.24) is 9.88 Å². The molecule has 1 aromatic heterocycles. The number of pyridine rings is 1. The lowest BCUT2D eigenvalue weighted by Crippen LogP contribution is -2.35. The number of hydrogen-bond donors (Lipinski definition) is 1. The maximum atomic E-state index is 12.7. The molecule has 25 heavy (non-hydrogen) atoms. The lowest BCUT2D eigenvalue weighted by atomic mass is 9.97. The molecule has 9 heteroatoms. The van der Waals surface area contributed by atoms with E-state index < -0.39 is 39.1 Å². The van der Waals surface area contributed by atoms with Crippen LogP contribution in [0.3, 0.4) is 0 Å². The minimum atomic E-state index is -3.69. The second-order valence-corrected chi connectivity index (χ2v) is 8.52. The lowest BCUT2D eigenvalue weighted by molar-refractivity contribution is -0.148. The predicted octanol–water partition coefficient (Wildman–Crippen LogP) is 1.87. The van der Waals surface area contributed by atoms with Crippen LogP contribution in [-0.2, 0) is 19.4 Å².